The minimum absolute atomic E-state index is 0.0622. The van der Waals surface area contributed by atoms with Gasteiger partial charge in [0.1, 0.15) is 0 Å². The number of aromatic amines is 1. The van der Waals surface area contributed by atoms with Crippen molar-refractivity contribution in [2.75, 3.05) is 16.2 Å². The monoisotopic (exact) mass is 473 g/mol. The first kappa shape index (κ1) is 21.8. The molecule has 0 atom stereocenters. The fourth-order valence-corrected chi connectivity index (χ4v) is 5.59. The van der Waals surface area contributed by atoms with Gasteiger partial charge in [0.2, 0.25) is 5.95 Å². The summed E-state index contributed by atoms with van der Waals surface area (Å²) in [5.74, 6) is 0.139. The standard InChI is InChI=1S/C25H23N5O3S/c1-17-11-13-19(14-12-17)23-26-25(29-28-23)27-24(31)20-7-4-9-21(16-20)34(32,33)30-15-5-8-18-6-2-3-10-22(18)30/h2-4,6-7,9-14,16H,5,8,15H2,1H3,(H2,26,27,28,29,31). The first-order valence-corrected chi connectivity index (χ1v) is 12.4. The zero-order chi connectivity index (χ0) is 23.7. The summed E-state index contributed by atoms with van der Waals surface area (Å²) in [6.07, 6.45) is 1.58. The van der Waals surface area contributed by atoms with Gasteiger partial charge in [-0.15, -0.1) is 5.10 Å². The van der Waals surface area contributed by atoms with Crippen LogP contribution in [0.25, 0.3) is 11.4 Å². The van der Waals surface area contributed by atoms with Gasteiger partial charge < -0.3 is 0 Å². The van der Waals surface area contributed by atoms with Gasteiger partial charge in [0.05, 0.1) is 10.6 Å². The van der Waals surface area contributed by atoms with E-state index in [2.05, 4.69) is 20.5 Å². The number of nitrogens with zero attached hydrogens (tertiary/aromatic N) is 3. The Morgan fingerprint density at radius 3 is 2.65 bits per heavy atom. The molecule has 0 bridgehead atoms. The van der Waals surface area contributed by atoms with Crippen molar-refractivity contribution in [3.8, 4) is 11.4 Å². The highest BCUT2D eigenvalue weighted by Gasteiger charge is 2.29. The SMILES string of the molecule is Cc1ccc(-c2nc(NC(=O)c3cccc(S(=O)(=O)N4CCCc5ccccc54)c3)n[nH]2)cc1. The number of sulfonamides is 1. The van der Waals surface area contributed by atoms with Crippen molar-refractivity contribution in [1.82, 2.24) is 15.2 Å². The van der Waals surface area contributed by atoms with Crippen LogP contribution in [0.5, 0.6) is 0 Å². The molecule has 4 aromatic rings. The molecule has 2 heterocycles. The minimum atomic E-state index is -3.82. The number of aromatic nitrogens is 3. The van der Waals surface area contributed by atoms with Gasteiger partial charge in [-0.1, -0.05) is 54.1 Å². The number of nitrogens with one attached hydrogen (secondary N) is 2. The Balaban J connectivity index is 1.37. The Labute approximate surface area is 197 Å². The quantitative estimate of drug-likeness (QED) is 0.452. The number of hydrogen-bond acceptors (Lipinski definition) is 5. The van der Waals surface area contributed by atoms with Gasteiger partial charge in [0, 0.05) is 17.7 Å². The molecule has 0 unspecified atom stereocenters. The summed E-state index contributed by atoms with van der Waals surface area (Å²) >= 11 is 0. The van der Waals surface area contributed by atoms with Crippen molar-refractivity contribution in [3.05, 3.63) is 89.5 Å². The zero-order valence-electron chi connectivity index (χ0n) is 18.5. The summed E-state index contributed by atoms with van der Waals surface area (Å²) in [6, 6.07) is 21.3. The minimum Gasteiger partial charge on any atom is -0.289 e. The van der Waals surface area contributed by atoms with Crippen LogP contribution in [0.2, 0.25) is 0 Å². The summed E-state index contributed by atoms with van der Waals surface area (Å²) in [4.78, 5) is 17.2. The number of aryl methyl sites for hydroxylation is 2. The molecule has 0 radical (unpaired) electrons. The fourth-order valence-electron chi connectivity index (χ4n) is 4.01. The Bertz CT molecular complexity index is 1460. The van der Waals surface area contributed by atoms with E-state index in [1.807, 2.05) is 55.5 Å². The molecule has 0 fully saturated rings. The molecule has 0 saturated heterocycles. The van der Waals surface area contributed by atoms with Gasteiger partial charge in [-0.05, 0) is 49.6 Å². The molecule has 0 aliphatic carbocycles. The number of fused-ring (bicyclic) bond motifs is 1. The lowest BCUT2D eigenvalue weighted by Crippen LogP contribution is -2.35. The van der Waals surface area contributed by atoms with Crippen LogP contribution in [0.4, 0.5) is 11.6 Å². The number of benzene rings is 3. The van der Waals surface area contributed by atoms with E-state index >= 15 is 0 Å². The van der Waals surface area contributed by atoms with Crippen molar-refractivity contribution in [3.63, 3.8) is 0 Å². The van der Waals surface area contributed by atoms with Crippen LogP contribution in [0, 0.1) is 6.92 Å². The van der Waals surface area contributed by atoms with Gasteiger partial charge in [-0.3, -0.25) is 19.5 Å². The first-order chi connectivity index (χ1) is 16.4. The van der Waals surface area contributed by atoms with Crippen LogP contribution in [-0.2, 0) is 16.4 Å². The van der Waals surface area contributed by atoms with E-state index in [1.165, 1.54) is 16.4 Å². The lowest BCUT2D eigenvalue weighted by molar-refractivity contribution is 0.102. The van der Waals surface area contributed by atoms with E-state index in [0.717, 1.165) is 29.5 Å². The van der Waals surface area contributed by atoms with Gasteiger partial charge >= 0.3 is 0 Å². The van der Waals surface area contributed by atoms with Crippen molar-refractivity contribution < 1.29 is 13.2 Å². The van der Waals surface area contributed by atoms with E-state index < -0.39 is 15.9 Å². The molecule has 3 aromatic carbocycles. The highest BCUT2D eigenvalue weighted by Crippen LogP contribution is 2.32. The molecular formula is C25H23N5O3S. The molecule has 9 heteroatoms. The molecule has 1 aromatic heterocycles. The molecule has 1 amide bonds. The van der Waals surface area contributed by atoms with Crippen molar-refractivity contribution in [1.29, 1.82) is 0 Å². The van der Waals surface area contributed by atoms with E-state index in [1.54, 1.807) is 12.1 Å². The zero-order valence-corrected chi connectivity index (χ0v) is 19.3. The second-order valence-electron chi connectivity index (χ2n) is 8.17. The van der Waals surface area contributed by atoms with Crippen LogP contribution in [0.15, 0.2) is 77.7 Å². The average Bonchev–Trinajstić information content (AvgIpc) is 3.32. The number of H-pyrrole nitrogens is 1. The number of anilines is 2. The van der Waals surface area contributed by atoms with E-state index in [4.69, 9.17) is 0 Å². The summed E-state index contributed by atoms with van der Waals surface area (Å²) in [5.41, 5.74) is 3.86. The number of carbonyl (C=O) groups excluding carboxylic acids is 1. The Kier molecular flexibility index (Phi) is 5.62. The van der Waals surface area contributed by atoms with Crippen LogP contribution < -0.4 is 9.62 Å². The fraction of sp³-hybridized carbons (Fsp3) is 0.160. The highest BCUT2D eigenvalue weighted by molar-refractivity contribution is 7.92. The second kappa shape index (κ2) is 8.75. The Hall–Kier alpha value is -3.98. The highest BCUT2D eigenvalue weighted by atomic mass is 32.2. The Morgan fingerprint density at radius 2 is 1.82 bits per heavy atom. The van der Waals surface area contributed by atoms with E-state index in [0.29, 0.717) is 18.1 Å². The summed E-state index contributed by atoms with van der Waals surface area (Å²) in [7, 11) is -3.82. The maximum atomic E-state index is 13.4. The lowest BCUT2D eigenvalue weighted by atomic mass is 10.0. The number of hydrogen-bond donors (Lipinski definition) is 2. The molecule has 0 saturated carbocycles. The number of amides is 1. The maximum Gasteiger partial charge on any atom is 0.264 e. The molecule has 5 rings (SSSR count). The van der Waals surface area contributed by atoms with Gasteiger partial charge in [-0.25, -0.2) is 8.42 Å². The molecular weight excluding hydrogens is 450 g/mol. The van der Waals surface area contributed by atoms with Gasteiger partial charge in [-0.2, -0.15) is 4.98 Å². The third-order valence-corrected chi connectivity index (χ3v) is 7.60. The van der Waals surface area contributed by atoms with Crippen LogP contribution in [-0.4, -0.2) is 36.1 Å². The summed E-state index contributed by atoms with van der Waals surface area (Å²) in [5, 5.41) is 9.50. The molecule has 172 valence electrons. The number of carbonyl (C=O) groups is 1. The second-order valence-corrected chi connectivity index (χ2v) is 10.0. The molecule has 2 N–H and O–H groups in total. The van der Waals surface area contributed by atoms with Crippen LogP contribution >= 0.6 is 0 Å². The summed E-state index contributed by atoms with van der Waals surface area (Å²) < 4.78 is 28.3. The topological polar surface area (TPSA) is 108 Å². The predicted molar refractivity (Wildman–Crippen MR) is 130 cm³/mol. The molecule has 1 aliphatic rings. The normalized spacial score (nSPS) is 13.4. The predicted octanol–water partition coefficient (Wildman–Crippen LogP) is 4.17. The third kappa shape index (κ3) is 4.17. The van der Waals surface area contributed by atoms with E-state index in [9.17, 15) is 13.2 Å². The van der Waals surface area contributed by atoms with Crippen LogP contribution in [0.1, 0.15) is 27.9 Å². The van der Waals surface area contributed by atoms with Crippen LogP contribution in [0.3, 0.4) is 0 Å². The molecule has 0 spiro atoms. The average molecular weight is 474 g/mol. The van der Waals surface area contributed by atoms with Crippen molar-refractivity contribution in [2.45, 2.75) is 24.7 Å². The first-order valence-electron chi connectivity index (χ1n) is 10.9. The molecule has 8 nitrogen and oxygen atoms in total. The van der Waals surface area contributed by atoms with Gasteiger partial charge in [0.15, 0.2) is 5.82 Å². The lowest BCUT2D eigenvalue weighted by Gasteiger charge is -2.30. The van der Waals surface area contributed by atoms with Crippen molar-refractivity contribution in [2.24, 2.45) is 0 Å². The van der Waals surface area contributed by atoms with E-state index in [-0.39, 0.29) is 16.4 Å². The summed E-state index contributed by atoms with van der Waals surface area (Å²) in [6.45, 7) is 2.39. The number of para-hydroxylation sites is 1. The Morgan fingerprint density at radius 1 is 1.03 bits per heavy atom. The number of rotatable bonds is 5. The smallest absolute Gasteiger partial charge is 0.264 e. The third-order valence-electron chi connectivity index (χ3n) is 5.79. The molecule has 34 heavy (non-hydrogen) atoms. The van der Waals surface area contributed by atoms with Crippen molar-refractivity contribution >= 4 is 27.6 Å². The molecule has 1 aliphatic heterocycles. The van der Waals surface area contributed by atoms with Gasteiger partial charge in [0.25, 0.3) is 15.9 Å². The largest absolute Gasteiger partial charge is 0.289 e. The maximum absolute atomic E-state index is 13.4.